The Bertz CT molecular complexity index is 774. The van der Waals surface area contributed by atoms with Gasteiger partial charge in [0.05, 0.1) is 6.61 Å². The third-order valence-corrected chi connectivity index (χ3v) is 11.2. The summed E-state index contributed by atoms with van der Waals surface area (Å²) in [5.41, 5.74) is 2.37. The Morgan fingerprint density at radius 2 is 1.83 bits per heavy atom. The molecule has 4 heteroatoms. The summed E-state index contributed by atoms with van der Waals surface area (Å²) in [6.07, 6.45) is 16.1. The van der Waals surface area contributed by atoms with Crippen LogP contribution in [0.1, 0.15) is 112 Å². The highest BCUT2D eigenvalue weighted by Gasteiger charge is 2.59. The van der Waals surface area contributed by atoms with Crippen molar-refractivity contribution in [2.75, 3.05) is 19.8 Å². The van der Waals surface area contributed by atoms with Gasteiger partial charge < -0.3 is 14.2 Å². The highest BCUT2D eigenvalue weighted by molar-refractivity contribution is 5.60. The first-order chi connectivity index (χ1) is 17.2. The van der Waals surface area contributed by atoms with Crippen LogP contribution in [-0.4, -0.2) is 32.1 Å². The molecule has 4 nitrogen and oxygen atoms in total. The van der Waals surface area contributed by atoms with Crippen LogP contribution in [0.25, 0.3) is 0 Å². The molecular formula is C32H54O4. The maximum absolute atomic E-state index is 12.2. The Morgan fingerprint density at radius 3 is 2.58 bits per heavy atom. The molecule has 4 rings (SSSR count). The maximum Gasteiger partial charge on any atom is 0.508 e. The quantitative estimate of drug-likeness (QED) is 0.170. The van der Waals surface area contributed by atoms with Crippen molar-refractivity contribution in [2.45, 2.75) is 118 Å². The molecule has 0 aromatic heterocycles. The van der Waals surface area contributed by atoms with E-state index in [0.717, 1.165) is 54.8 Å². The SMILES string of the molecule is CCOCCOC(=O)OC1CC[C@@]2(C)C(=CCC3C2CC[C@@]2(C)C3CC[C@@H]2[C@H](C)CCCC(C)C)C1. The lowest BCUT2D eigenvalue weighted by atomic mass is 9.47. The van der Waals surface area contributed by atoms with E-state index in [-0.39, 0.29) is 18.1 Å². The Balaban J connectivity index is 1.36. The lowest BCUT2D eigenvalue weighted by Crippen LogP contribution is -2.51. The predicted molar refractivity (Wildman–Crippen MR) is 146 cm³/mol. The molecule has 0 amide bonds. The molecule has 0 heterocycles. The second kappa shape index (κ2) is 11.8. The summed E-state index contributed by atoms with van der Waals surface area (Å²) in [7, 11) is 0. The predicted octanol–water partition coefficient (Wildman–Crippen LogP) is 8.59. The molecule has 0 saturated heterocycles. The molecule has 0 aliphatic heterocycles. The fourth-order valence-electron chi connectivity index (χ4n) is 9.25. The van der Waals surface area contributed by atoms with Gasteiger partial charge in [-0.2, -0.15) is 0 Å². The van der Waals surface area contributed by atoms with Crippen molar-refractivity contribution in [1.29, 1.82) is 0 Å². The van der Waals surface area contributed by atoms with Gasteiger partial charge in [0.1, 0.15) is 12.7 Å². The van der Waals surface area contributed by atoms with Gasteiger partial charge in [0.15, 0.2) is 0 Å². The van der Waals surface area contributed by atoms with Gasteiger partial charge in [-0.05, 0) is 98.2 Å². The summed E-state index contributed by atoms with van der Waals surface area (Å²) in [6.45, 7) is 15.8. The molecule has 0 aromatic rings. The van der Waals surface area contributed by atoms with Crippen LogP contribution in [-0.2, 0) is 14.2 Å². The zero-order valence-electron chi connectivity index (χ0n) is 24.2. The third kappa shape index (κ3) is 5.69. The van der Waals surface area contributed by atoms with Crippen molar-refractivity contribution in [2.24, 2.45) is 46.3 Å². The minimum Gasteiger partial charge on any atom is -0.432 e. The van der Waals surface area contributed by atoms with Gasteiger partial charge in [-0.3, -0.25) is 0 Å². The van der Waals surface area contributed by atoms with Gasteiger partial charge in [-0.15, -0.1) is 0 Å². The van der Waals surface area contributed by atoms with E-state index in [2.05, 4.69) is 40.7 Å². The monoisotopic (exact) mass is 502 g/mol. The molecule has 0 N–H and O–H groups in total. The number of carbonyl (C=O) groups is 1. The molecule has 0 spiro atoms. The second-order valence-electron chi connectivity index (χ2n) is 13.6. The van der Waals surface area contributed by atoms with E-state index < -0.39 is 6.16 Å². The van der Waals surface area contributed by atoms with Crippen LogP contribution in [0.4, 0.5) is 4.79 Å². The van der Waals surface area contributed by atoms with E-state index in [1.54, 1.807) is 5.57 Å². The highest BCUT2D eigenvalue weighted by Crippen LogP contribution is 2.67. The van der Waals surface area contributed by atoms with E-state index in [1.165, 1.54) is 51.4 Å². The van der Waals surface area contributed by atoms with Gasteiger partial charge in [0.2, 0.25) is 0 Å². The first kappa shape index (κ1) is 28.0. The number of hydrogen-bond acceptors (Lipinski definition) is 4. The summed E-state index contributed by atoms with van der Waals surface area (Å²) >= 11 is 0. The van der Waals surface area contributed by atoms with E-state index in [9.17, 15) is 4.79 Å². The maximum atomic E-state index is 12.2. The Kier molecular flexibility index (Phi) is 9.16. The molecule has 3 fully saturated rings. The van der Waals surface area contributed by atoms with Crippen LogP contribution in [0.5, 0.6) is 0 Å². The highest BCUT2D eigenvalue weighted by atomic mass is 16.7. The van der Waals surface area contributed by atoms with Crippen LogP contribution in [0.2, 0.25) is 0 Å². The van der Waals surface area contributed by atoms with Crippen molar-refractivity contribution in [3.05, 3.63) is 11.6 Å². The minimum absolute atomic E-state index is 0.0446. The molecule has 4 aliphatic carbocycles. The van der Waals surface area contributed by atoms with Gasteiger partial charge in [-0.25, -0.2) is 4.79 Å². The van der Waals surface area contributed by atoms with Crippen molar-refractivity contribution < 1.29 is 19.0 Å². The van der Waals surface area contributed by atoms with Crippen LogP contribution in [0.3, 0.4) is 0 Å². The topological polar surface area (TPSA) is 44.8 Å². The molecule has 4 aliphatic rings. The molecule has 0 bridgehead atoms. The second-order valence-corrected chi connectivity index (χ2v) is 13.6. The van der Waals surface area contributed by atoms with E-state index in [4.69, 9.17) is 14.2 Å². The van der Waals surface area contributed by atoms with Crippen molar-refractivity contribution in [3.63, 3.8) is 0 Å². The normalized spacial score (nSPS) is 38.5. The van der Waals surface area contributed by atoms with Crippen LogP contribution < -0.4 is 0 Å². The van der Waals surface area contributed by atoms with Gasteiger partial charge in [-0.1, -0.05) is 65.5 Å². The number of carbonyl (C=O) groups excluding carboxylic acids is 1. The average molecular weight is 503 g/mol. The number of hydrogen-bond donors (Lipinski definition) is 0. The molecule has 36 heavy (non-hydrogen) atoms. The van der Waals surface area contributed by atoms with Crippen molar-refractivity contribution in [1.82, 2.24) is 0 Å². The Labute approximate surface area is 221 Å². The van der Waals surface area contributed by atoms with E-state index in [1.807, 2.05) is 6.92 Å². The molecule has 0 radical (unpaired) electrons. The van der Waals surface area contributed by atoms with Gasteiger partial charge >= 0.3 is 6.16 Å². The van der Waals surface area contributed by atoms with Crippen LogP contribution in [0, 0.1) is 46.3 Å². The first-order valence-electron chi connectivity index (χ1n) is 15.3. The van der Waals surface area contributed by atoms with E-state index in [0.29, 0.717) is 18.6 Å². The lowest BCUT2D eigenvalue weighted by molar-refractivity contribution is -0.0624. The fourth-order valence-corrected chi connectivity index (χ4v) is 9.25. The molecule has 206 valence electrons. The zero-order valence-corrected chi connectivity index (χ0v) is 24.2. The first-order valence-corrected chi connectivity index (χ1v) is 15.3. The zero-order chi connectivity index (χ0) is 25.9. The Hall–Kier alpha value is -1.03. The summed E-state index contributed by atoms with van der Waals surface area (Å²) in [4.78, 5) is 12.2. The molecule has 4 unspecified atom stereocenters. The fraction of sp³-hybridized carbons (Fsp3) is 0.906. The molecular weight excluding hydrogens is 448 g/mol. The van der Waals surface area contributed by atoms with Crippen LogP contribution in [0.15, 0.2) is 11.6 Å². The summed E-state index contributed by atoms with van der Waals surface area (Å²) in [5.74, 6) is 5.12. The summed E-state index contributed by atoms with van der Waals surface area (Å²) in [5, 5.41) is 0. The summed E-state index contributed by atoms with van der Waals surface area (Å²) < 4.78 is 16.2. The standard InChI is InChI=1S/C32H54O4/c1-7-34-19-20-35-30(33)36-25-15-17-31(5)24(21-25)11-12-26-28-14-13-27(23(4)10-8-9-22(2)3)32(28,6)18-16-29(26)31/h11,22-23,25-29H,7-10,12-21H2,1-6H3/t23-,25?,26?,27-,28?,29?,31+,32-/m1/s1. The van der Waals surface area contributed by atoms with E-state index >= 15 is 0 Å². The number of ether oxygens (including phenoxy) is 3. The molecule has 3 saturated carbocycles. The smallest absolute Gasteiger partial charge is 0.432 e. The van der Waals surface area contributed by atoms with Crippen LogP contribution >= 0.6 is 0 Å². The minimum atomic E-state index is -0.537. The Morgan fingerprint density at radius 1 is 1.03 bits per heavy atom. The van der Waals surface area contributed by atoms with Crippen molar-refractivity contribution >= 4 is 6.16 Å². The number of rotatable bonds is 10. The third-order valence-electron chi connectivity index (χ3n) is 11.2. The summed E-state index contributed by atoms with van der Waals surface area (Å²) in [6, 6.07) is 0. The molecule has 8 atom stereocenters. The van der Waals surface area contributed by atoms with Gasteiger partial charge in [0, 0.05) is 13.0 Å². The largest absolute Gasteiger partial charge is 0.508 e. The average Bonchev–Trinajstić information content (AvgIpc) is 3.19. The van der Waals surface area contributed by atoms with Crippen molar-refractivity contribution in [3.8, 4) is 0 Å². The molecule has 0 aromatic carbocycles. The number of fused-ring (bicyclic) bond motifs is 5. The van der Waals surface area contributed by atoms with Gasteiger partial charge in [0.25, 0.3) is 0 Å². The lowest BCUT2D eigenvalue weighted by Gasteiger charge is -2.58. The number of allylic oxidation sites excluding steroid dienone is 1.